The molecule has 0 radical (unpaired) electrons. The van der Waals surface area contributed by atoms with Crippen LogP contribution in [0.2, 0.25) is 0 Å². The van der Waals surface area contributed by atoms with E-state index in [1.807, 2.05) is 0 Å². The van der Waals surface area contributed by atoms with Gasteiger partial charge in [0.15, 0.2) is 11.5 Å². The molecule has 1 saturated heterocycles. The fourth-order valence-corrected chi connectivity index (χ4v) is 3.89. The van der Waals surface area contributed by atoms with Gasteiger partial charge in [0, 0.05) is 11.3 Å². The van der Waals surface area contributed by atoms with Gasteiger partial charge >= 0.3 is 5.97 Å². The number of morpholine rings is 1. The smallest absolute Gasteiger partial charge is 0.336 e. The Hall–Kier alpha value is -2.91. The largest absolute Gasteiger partial charge is 0.763 e. The number of nitrogens with zero attached hydrogens (tertiary/aromatic N) is 1. The van der Waals surface area contributed by atoms with Gasteiger partial charge in [-0.25, -0.2) is 4.79 Å². The number of methoxy groups -OCH3 is 3. The number of ether oxygens (including phenoxy) is 5. The maximum absolute atomic E-state index is 12.6. The van der Waals surface area contributed by atoms with Crippen LogP contribution in [-0.4, -0.2) is 71.1 Å². The minimum absolute atomic E-state index is 0.212. The fourth-order valence-electron chi connectivity index (χ4n) is 3.57. The van der Waals surface area contributed by atoms with E-state index in [-0.39, 0.29) is 17.2 Å². The highest BCUT2D eigenvalue weighted by Crippen LogP contribution is 2.44. The lowest BCUT2D eigenvalue weighted by Gasteiger charge is -2.31. The molecule has 2 heterocycles. The van der Waals surface area contributed by atoms with Crippen LogP contribution in [-0.2, 0) is 14.3 Å². The summed E-state index contributed by atoms with van der Waals surface area (Å²) in [5, 5.41) is 14.9. The second kappa shape index (κ2) is 13.0. The van der Waals surface area contributed by atoms with E-state index in [2.05, 4.69) is 16.5 Å². The van der Waals surface area contributed by atoms with Gasteiger partial charge in [-0.05, 0) is 31.5 Å². The van der Waals surface area contributed by atoms with Gasteiger partial charge in [0.05, 0.1) is 65.7 Å². The van der Waals surface area contributed by atoms with Crippen molar-refractivity contribution >= 4 is 29.0 Å². The predicted octanol–water partition coefficient (Wildman–Crippen LogP) is 1.31. The first-order valence-electron chi connectivity index (χ1n) is 10.6. The Morgan fingerprint density at radius 1 is 1.21 bits per heavy atom. The Balaban J connectivity index is 0.000000554. The lowest BCUT2D eigenvalue weighted by Crippen LogP contribution is -2.87. The standard InChI is InChI=1S/C19H21N2O5S.C4H9NO/c1-6-26-19(22)15-10(2)21-18(27)12(9-20)16(15)11-7-13(23-3)17(25-5)14(8-11)24-4;1-3-6-4-2-5-1/h7-8,16H,6H2,1-5H3,(H,21,27);5H,1-4H2/q-1;/p+1. The van der Waals surface area contributed by atoms with Crippen LogP contribution in [0.3, 0.4) is 0 Å². The van der Waals surface area contributed by atoms with Crippen molar-refractivity contribution in [1.29, 1.82) is 0 Å². The summed E-state index contributed by atoms with van der Waals surface area (Å²) in [6.45, 7) is 7.85. The molecule has 0 spiro atoms. The van der Waals surface area contributed by atoms with E-state index < -0.39 is 11.9 Å². The monoisotopic (exact) mass is 477 g/mol. The number of benzene rings is 1. The van der Waals surface area contributed by atoms with E-state index in [0.29, 0.717) is 34.1 Å². The molecule has 10 heteroatoms. The van der Waals surface area contributed by atoms with Crippen LogP contribution in [0.25, 0.3) is 5.41 Å². The van der Waals surface area contributed by atoms with Gasteiger partial charge in [-0.1, -0.05) is 12.2 Å². The molecule has 1 atom stereocenters. The number of thiocarbonyl (C=S) groups is 1. The fraction of sp³-hybridized carbons (Fsp3) is 0.478. The van der Waals surface area contributed by atoms with Gasteiger partial charge in [-0.15, -0.1) is 0 Å². The van der Waals surface area contributed by atoms with E-state index in [1.165, 1.54) is 21.3 Å². The zero-order chi connectivity index (χ0) is 24.4. The van der Waals surface area contributed by atoms with E-state index >= 15 is 0 Å². The number of hydrogen-bond acceptors (Lipinski definition) is 7. The number of nitrogens with one attached hydrogen (secondary N) is 1. The van der Waals surface area contributed by atoms with Crippen molar-refractivity contribution in [2.75, 3.05) is 54.2 Å². The summed E-state index contributed by atoms with van der Waals surface area (Å²) in [6.07, 6.45) is 0. The Labute approximate surface area is 199 Å². The summed E-state index contributed by atoms with van der Waals surface area (Å²) in [4.78, 5) is 12.9. The summed E-state index contributed by atoms with van der Waals surface area (Å²) in [7, 11) is 4.49. The SMILES string of the molecule is C1COCC[NH2+]1.CCOC(=O)C1=C(C)NC(=S)C(=C=[N-])C1c1cc(OC)c(OC)c(OC)c1. The normalized spacial score (nSPS) is 17.8. The molecule has 9 nitrogen and oxygen atoms in total. The van der Waals surface area contributed by atoms with E-state index in [0.717, 1.165) is 26.3 Å². The zero-order valence-corrected chi connectivity index (χ0v) is 20.5. The molecule has 1 aromatic rings. The van der Waals surface area contributed by atoms with Crippen LogP contribution >= 0.6 is 12.2 Å². The van der Waals surface area contributed by atoms with Crippen LogP contribution in [0.15, 0.2) is 29.0 Å². The minimum atomic E-state index is -0.712. The topological polar surface area (TPSA) is 114 Å². The highest BCUT2D eigenvalue weighted by atomic mass is 32.1. The van der Waals surface area contributed by atoms with Gasteiger partial charge < -0.3 is 39.7 Å². The molecule has 2 aliphatic rings. The first-order chi connectivity index (χ1) is 15.9. The van der Waals surface area contributed by atoms with E-state index in [4.69, 9.17) is 35.9 Å². The molecule has 0 bridgehead atoms. The number of esters is 1. The number of allylic oxidation sites excluding steroid dienone is 1. The lowest BCUT2D eigenvalue weighted by molar-refractivity contribution is -0.670. The van der Waals surface area contributed by atoms with Gasteiger partial charge in [0.1, 0.15) is 4.99 Å². The molecule has 0 amide bonds. The second-order valence-corrected chi connectivity index (χ2v) is 7.52. The maximum Gasteiger partial charge on any atom is 0.336 e. The van der Waals surface area contributed by atoms with Crippen molar-refractivity contribution in [1.82, 2.24) is 5.32 Å². The van der Waals surface area contributed by atoms with Crippen molar-refractivity contribution in [2.24, 2.45) is 0 Å². The molecule has 1 aromatic carbocycles. The number of hydrogen-bond donors (Lipinski definition) is 2. The molecule has 0 aromatic heterocycles. The molecule has 0 aliphatic carbocycles. The second-order valence-electron chi connectivity index (χ2n) is 7.11. The van der Waals surface area contributed by atoms with Crippen molar-refractivity contribution in [3.63, 3.8) is 0 Å². The Kier molecular flexibility index (Phi) is 10.3. The number of nitrogens with two attached hydrogens (primary N) is 1. The quantitative estimate of drug-likeness (QED) is 0.273. The molecule has 3 N–H and O–H groups in total. The summed E-state index contributed by atoms with van der Waals surface area (Å²) in [6, 6.07) is 3.40. The Morgan fingerprint density at radius 2 is 1.82 bits per heavy atom. The molecular formula is C23H31N3O6S. The summed E-state index contributed by atoms with van der Waals surface area (Å²) < 4.78 is 26.4. The highest BCUT2D eigenvalue weighted by Gasteiger charge is 2.35. The zero-order valence-electron chi connectivity index (χ0n) is 19.6. The Bertz CT molecular complexity index is 915. The van der Waals surface area contributed by atoms with Crippen molar-refractivity contribution in [3.05, 3.63) is 39.9 Å². The minimum Gasteiger partial charge on any atom is -0.763 e. The van der Waals surface area contributed by atoms with Crippen molar-refractivity contribution < 1.29 is 33.8 Å². The molecular weight excluding hydrogens is 446 g/mol. The molecule has 1 fully saturated rings. The van der Waals surface area contributed by atoms with Gasteiger partial charge in [0.2, 0.25) is 5.75 Å². The summed E-state index contributed by atoms with van der Waals surface area (Å²) in [5.74, 6) is 2.12. The molecule has 2 aliphatic heterocycles. The van der Waals surface area contributed by atoms with E-state index in [1.54, 1.807) is 26.0 Å². The molecule has 33 heavy (non-hydrogen) atoms. The first kappa shape index (κ1) is 26.3. The molecule has 0 saturated carbocycles. The van der Waals surface area contributed by atoms with Crippen LogP contribution in [0.1, 0.15) is 25.3 Å². The Morgan fingerprint density at radius 3 is 2.21 bits per heavy atom. The van der Waals surface area contributed by atoms with E-state index in [9.17, 15) is 10.2 Å². The first-order valence-corrected chi connectivity index (χ1v) is 11.0. The van der Waals surface area contributed by atoms with Crippen LogP contribution in [0.5, 0.6) is 17.2 Å². The predicted molar refractivity (Wildman–Crippen MR) is 128 cm³/mol. The third-order valence-electron chi connectivity index (χ3n) is 5.10. The van der Waals surface area contributed by atoms with Crippen molar-refractivity contribution in [3.8, 4) is 17.2 Å². The van der Waals surface area contributed by atoms with Crippen LogP contribution in [0.4, 0.5) is 0 Å². The molecule has 1 unspecified atom stereocenters. The lowest BCUT2D eigenvalue weighted by atomic mass is 9.81. The molecule has 180 valence electrons. The number of quaternary nitrogens is 1. The van der Waals surface area contributed by atoms with Crippen molar-refractivity contribution in [2.45, 2.75) is 19.8 Å². The number of rotatable bonds is 6. The number of carbonyl (C=O) groups excluding carboxylic acids is 1. The van der Waals surface area contributed by atoms with Gasteiger partial charge in [-0.2, -0.15) is 0 Å². The van der Waals surface area contributed by atoms with Crippen LogP contribution < -0.4 is 24.8 Å². The van der Waals surface area contributed by atoms with Gasteiger partial charge in [0.25, 0.3) is 0 Å². The average molecular weight is 478 g/mol. The highest BCUT2D eigenvalue weighted by molar-refractivity contribution is 7.80. The third-order valence-corrected chi connectivity index (χ3v) is 5.42. The number of carbonyl (C=O) groups is 1. The average Bonchev–Trinajstić information content (AvgIpc) is 2.84. The van der Waals surface area contributed by atoms with Gasteiger partial charge in [-0.3, -0.25) is 5.87 Å². The molecule has 3 rings (SSSR count). The maximum atomic E-state index is 12.6. The third kappa shape index (κ3) is 6.33. The summed E-state index contributed by atoms with van der Waals surface area (Å²) in [5.41, 5.74) is 1.70. The van der Waals surface area contributed by atoms with Crippen LogP contribution in [0, 0.1) is 0 Å². The summed E-state index contributed by atoms with van der Waals surface area (Å²) >= 11 is 5.31.